The first-order valence-corrected chi connectivity index (χ1v) is 8.38. The zero-order valence-electron chi connectivity index (χ0n) is 12.5. The van der Waals surface area contributed by atoms with Crippen molar-refractivity contribution in [2.45, 2.75) is 53.0 Å². The van der Waals surface area contributed by atoms with Crippen molar-refractivity contribution in [3.8, 4) is 0 Å². The summed E-state index contributed by atoms with van der Waals surface area (Å²) in [6.07, 6.45) is 7.17. The molecule has 1 aromatic rings. The zero-order valence-corrected chi connectivity index (χ0v) is 13.4. The summed E-state index contributed by atoms with van der Waals surface area (Å²) in [6, 6.07) is 0. The molecule has 0 spiro atoms. The fourth-order valence-corrected chi connectivity index (χ4v) is 3.40. The van der Waals surface area contributed by atoms with Crippen molar-refractivity contribution in [3.63, 3.8) is 0 Å². The molecule has 1 aliphatic heterocycles. The van der Waals surface area contributed by atoms with E-state index in [0.717, 1.165) is 24.6 Å². The number of likely N-dealkylation sites (tertiary alicyclic amines) is 1. The lowest BCUT2D eigenvalue weighted by Crippen LogP contribution is -2.37. The van der Waals surface area contributed by atoms with Crippen LogP contribution >= 0.6 is 11.3 Å². The second-order valence-corrected chi connectivity index (χ2v) is 7.11. The molecule has 0 aliphatic carbocycles. The van der Waals surface area contributed by atoms with Crippen LogP contribution in [0.2, 0.25) is 0 Å². The Kier molecular flexibility index (Phi) is 5.22. The predicted octanol–water partition coefficient (Wildman–Crippen LogP) is 3.98. The number of hydrogen-bond acceptors (Lipinski definition) is 4. The maximum absolute atomic E-state index is 4.44. The molecule has 0 bridgehead atoms. The number of nitrogens with zero attached hydrogens (tertiary/aromatic N) is 2. The van der Waals surface area contributed by atoms with E-state index in [9.17, 15) is 0 Å². The summed E-state index contributed by atoms with van der Waals surface area (Å²) >= 11 is 1.81. The van der Waals surface area contributed by atoms with Crippen LogP contribution in [0.3, 0.4) is 0 Å². The number of aromatic nitrogens is 1. The third-order valence-corrected chi connectivity index (χ3v) is 5.32. The van der Waals surface area contributed by atoms with Crippen LogP contribution in [0.25, 0.3) is 0 Å². The molecule has 3 nitrogen and oxygen atoms in total. The SMILES string of the molecule is CCCNc1ncc(CN2CCC(C)(CC)CC2)s1. The number of hydrogen-bond donors (Lipinski definition) is 1. The number of rotatable bonds is 6. The highest BCUT2D eigenvalue weighted by molar-refractivity contribution is 7.15. The molecule has 1 N–H and O–H groups in total. The molecule has 19 heavy (non-hydrogen) atoms. The Morgan fingerprint density at radius 3 is 2.74 bits per heavy atom. The van der Waals surface area contributed by atoms with Gasteiger partial charge in [0.1, 0.15) is 0 Å². The molecule has 2 heterocycles. The highest BCUT2D eigenvalue weighted by Gasteiger charge is 2.28. The van der Waals surface area contributed by atoms with Gasteiger partial charge in [0.15, 0.2) is 5.13 Å². The number of thiazole rings is 1. The van der Waals surface area contributed by atoms with E-state index < -0.39 is 0 Å². The second kappa shape index (κ2) is 6.71. The summed E-state index contributed by atoms with van der Waals surface area (Å²) in [5, 5.41) is 4.44. The van der Waals surface area contributed by atoms with E-state index >= 15 is 0 Å². The first kappa shape index (κ1) is 14.8. The van der Waals surface area contributed by atoms with Crippen molar-refractivity contribution in [2.24, 2.45) is 5.41 Å². The molecule has 0 unspecified atom stereocenters. The van der Waals surface area contributed by atoms with E-state index in [1.54, 1.807) is 0 Å². The summed E-state index contributed by atoms with van der Waals surface area (Å²) in [5.74, 6) is 0. The van der Waals surface area contributed by atoms with E-state index in [1.807, 2.05) is 17.5 Å². The first-order chi connectivity index (χ1) is 9.15. The van der Waals surface area contributed by atoms with Gasteiger partial charge in [-0.3, -0.25) is 4.90 Å². The highest BCUT2D eigenvalue weighted by Crippen LogP contribution is 2.34. The molecule has 0 atom stereocenters. The van der Waals surface area contributed by atoms with Crippen LogP contribution in [0.4, 0.5) is 5.13 Å². The third kappa shape index (κ3) is 4.18. The molecule has 4 heteroatoms. The summed E-state index contributed by atoms with van der Waals surface area (Å²) < 4.78 is 0. The molecule has 108 valence electrons. The van der Waals surface area contributed by atoms with Crippen LogP contribution in [0.15, 0.2) is 6.20 Å². The highest BCUT2D eigenvalue weighted by atomic mass is 32.1. The van der Waals surface area contributed by atoms with Crippen molar-refractivity contribution >= 4 is 16.5 Å². The maximum Gasteiger partial charge on any atom is 0.182 e. The average Bonchev–Trinajstić information content (AvgIpc) is 2.87. The summed E-state index contributed by atoms with van der Waals surface area (Å²) in [7, 11) is 0. The molecule has 0 radical (unpaired) electrons. The Balaban J connectivity index is 1.80. The van der Waals surface area contributed by atoms with Gasteiger partial charge in [0.05, 0.1) is 0 Å². The van der Waals surface area contributed by atoms with Crippen molar-refractivity contribution in [1.82, 2.24) is 9.88 Å². The van der Waals surface area contributed by atoms with Gasteiger partial charge in [-0.15, -0.1) is 11.3 Å². The Morgan fingerprint density at radius 2 is 2.11 bits per heavy atom. The van der Waals surface area contributed by atoms with Crippen LogP contribution in [-0.2, 0) is 6.54 Å². The van der Waals surface area contributed by atoms with E-state index in [0.29, 0.717) is 5.41 Å². The smallest absolute Gasteiger partial charge is 0.182 e. The van der Waals surface area contributed by atoms with Crippen LogP contribution in [0.5, 0.6) is 0 Å². The molecule has 0 amide bonds. The Morgan fingerprint density at radius 1 is 1.37 bits per heavy atom. The lowest BCUT2D eigenvalue weighted by Gasteiger charge is -2.38. The van der Waals surface area contributed by atoms with E-state index in [1.165, 1.54) is 37.2 Å². The van der Waals surface area contributed by atoms with Crippen molar-refractivity contribution < 1.29 is 0 Å². The molecule has 1 fully saturated rings. The Labute approximate surface area is 121 Å². The fraction of sp³-hybridized carbons (Fsp3) is 0.800. The lowest BCUT2D eigenvalue weighted by atomic mass is 9.78. The number of nitrogens with one attached hydrogen (secondary N) is 1. The molecule has 1 saturated heterocycles. The minimum Gasteiger partial charge on any atom is -0.362 e. The van der Waals surface area contributed by atoms with Gasteiger partial charge in [-0.25, -0.2) is 4.98 Å². The standard InChI is InChI=1S/C15H27N3S/c1-4-8-16-14-17-11-13(19-14)12-18-9-6-15(3,5-2)7-10-18/h11H,4-10,12H2,1-3H3,(H,16,17). The lowest BCUT2D eigenvalue weighted by molar-refractivity contribution is 0.110. The average molecular weight is 281 g/mol. The van der Waals surface area contributed by atoms with E-state index in [4.69, 9.17) is 0 Å². The van der Waals surface area contributed by atoms with Gasteiger partial charge in [0.2, 0.25) is 0 Å². The summed E-state index contributed by atoms with van der Waals surface area (Å²) in [6.45, 7) is 11.5. The monoisotopic (exact) mass is 281 g/mol. The molecule has 0 aromatic carbocycles. The first-order valence-electron chi connectivity index (χ1n) is 7.56. The Bertz CT molecular complexity index is 380. The maximum atomic E-state index is 4.44. The van der Waals surface area contributed by atoms with Crippen molar-refractivity contribution in [3.05, 3.63) is 11.1 Å². The van der Waals surface area contributed by atoms with Crippen LogP contribution in [0, 0.1) is 5.41 Å². The molecule has 1 aromatic heterocycles. The Hall–Kier alpha value is -0.610. The molecule has 1 aliphatic rings. The van der Waals surface area contributed by atoms with Gasteiger partial charge in [-0.2, -0.15) is 0 Å². The quantitative estimate of drug-likeness (QED) is 0.855. The van der Waals surface area contributed by atoms with Gasteiger partial charge in [0.25, 0.3) is 0 Å². The molecule has 2 rings (SSSR count). The number of piperidine rings is 1. The fourth-order valence-electron chi connectivity index (χ4n) is 2.52. The minimum absolute atomic E-state index is 0.581. The largest absolute Gasteiger partial charge is 0.362 e. The molecular weight excluding hydrogens is 254 g/mol. The zero-order chi connectivity index (χ0) is 13.7. The van der Waals surface area contributed by atoms with Gasteiger partial charge >= 0.3 is 0 Å². The van der Waals surface area contributed by atoms with Gasteiger partial charge < -0.3 is 5.32 Å². The topological polar surface area (TPSA) is 28.2 Å². The predicted molar refractivity (Wildman–Crippen MR) is 83.8 cm³/mol. The number of anilines is 1. The normalized spacial score (nSPS) is 19.5. The van der Waals surface area contributed by atoms with Crippen LogP contribution in [-0.4, -0.2) is 29.5 Å². The third-order valence-electron chi connectivity index (χ3n) is 4.38. The molecule has 0 saturated carbocycles. The summed E-state index contributed by atoms with van der Waals surface area (Å²) in [4.78, 5) is 8.41. The van der Waals surface area contributed by atoms with Crippen molar-refractivity contribution in [2.75, 3.05) is 25.0 Å². The second-order valence-electron chi connectivity index (χ2n) is 6.00. The summed E-state index contributed by atoms with van der Waals surface area (Å²) in [5.41, 5.74) is 0.581. The van der Waals surface area contributed by atoms with Crippen LogP contribution < -0.4 is 5.32 Å². The van der Waals surface area contributed by atoms with Gasteiger partial charge in [-0.05, 0) is 37.8 Å². The van der Waals surface area contributed by atoms with Crippen molar-refractivity contribution in [1.29, 1.82) is 0 Å². The van der Waals surface area contributed by atoms with Crippen LogP contribution in [0.1, 0.15) is 51.3 Å². The van der Waals surface area contributed by atoms with E-state index in [-0.39, 0.29) is 0 Å². The minimum atomic E-state index is 0.581. The van der Waals surface area contributed by atoms with Gasteiger partial charge in [0, 0.05) is 24.2 Å². The molecular formula is C15H27N3S. The van der Waals surface area contributed by atoms with Gasteiger partial charge in [-0.1, -0.05) is 27.2 Å². The van der Waals surface area contributed by atoms with E-state index in [2.05, 4.69) is 36.0 Å².